The third-order valence-electron chi connectivity index (χ3n) is 2.00. The van der Waals surface area contributed by atoms with Crippen molar-refractivity contribution < 1.29 is 36.2 Å². The molecular formula is C11H8BrF5O3. The van der Waals surface area contributed by atoms with E-state index in [2.05, 4.69) is 25.4 Å². The predicted molar refractivity (Wildman–Crippen MR) is 62.3 cm³/mol. The van der Waals surface area contributed by atoms with Crippen LogP contribution in [0.4, 0.5) is 22.0 Å². The van der Waals surface area contributed by atoms with Crippen molar-refractivity contribution in [3.05, 3.63) is 23.8 Å². The van der Waals surface area contributed by atoms with Crippen LogP contribution in [0, 0.1) is 0 Å². The van der Waals surface area contributed by atoms with Crippen molar-refractivity contribution in [3.8, 4) is 11.5 Å². The summed E-state index contributed by atoms with van der Waals surface area (Å²) in [6.07, 6.45) is -5.16. The van der Waals surface area contributed by atoms with Crippen molar-refractivity contribution in [1.82, 2.24) is 0 Å². The normalized spacial score (nSPS) is 11.6. The molecule has 112 valence electrons. The molecule has 0 heterocycles. The molecule has 9 heteroatoms. The molecule has 0 atom stereocenters. The van der Waals surface area contributed by atoms with Crippen LogP contribution in [-0.2, 0) is 11.2 Å². The van der Waals surface area contributed by atoms with Gasteiger partial charge in [-0.25, -0.2) is 0 Å². The van der Waals surface area contributed by atoms with Gasteiger partial charge in [0, 0.05) is 6.42 Å². The van der Waals surface area contributed by atoms with E-state index in [9.17, 15) is 26.7 Å². The lowest BCUT2D eigenvalue weighted by molar-refractivity contribution is -0.275. The van der Waals surface area contributed by atoms with Gasteiger partial charge in [-0.15, -0.1) is 13.2 Å². The van der Waals surface area contributed by atoms with Crippen molar-refractivity contribution >= 4 is 21.7 Å². The molecule has 0 aliphatic rings. The van der Waals surface area contributed by atoms with Crippen molar-refractivity contribution in [1.29, 1.82) is 0 Å². The third kappa shape index (κ3) is 5.72. The molecule has 0 N–H and O–H groups in total. The highest BCUT2D eigenvalue weighted by molar-refractivity contribution is 9.09. The number of carbonyl (C=O) groups excluding carboxylic acids is 1. The Balaban J connectivity index is 3.03. The Bertz CT molecular complexity index is 476. The molecular weight excluding hydrogens is 355 g/mol. The van der Waals surface area contributed by atoms with Crippen LogP contribution in [-0.4, -0.2) is 24.1 Å². The first-order valence-electron chi connectivity index (χ1n) is 5.12. The van der Waals surface area contributed by atoms with E-state index >= 15 is 0 Å². The second-order valence-corrected chi connectivity index (χ2v) is 4.12. The van der Waals surface area contributed by atoms with Crippen LogP contribution in [0.2, 0.25) is 0 Å². The van der Waals surface area contributed by atoms with Gasteiger partial charge in [0.2, 0.25) is 0 Å². The molecule has 0 aliphatic heterocycles. The van der Waals surface area contributed by atoms with E-state index in [1.807, 2.05) is 0 Å². The maximum absolute atomic E-state index is 12.2. The first-order valence-corrected chi connectivity index (χ1v) is 6.24. The van der Waals surface area contributed by atoms with E-state index in [0.717, 1.165) is 12.1 Å². The molecule has 0 saturated carbocycles. The largest absolute Gasteiger partial charge is 0.573 e. The van der Waals surface area contributed by atoms with Gasteiger partial charge < -0.3 is 9.47 Å². The first-order chi connectivity index (χ1) is 9.21. The number of benzene rings is 1. The molecule has 3 nitrogen and oxygen atoms in total. The highest BCUT2D eigenvalue weighted by atomic mass is 79.9. The fourth-order valence-corrected chi connectivity index (χ4v) is 1.53. The number of ketones is 1. The SMILES string of the molecule is O=C(CBr)Cc1ccc(OC(F)(F)F)c(OC(F)F)c1. The lowest BCUT2D eigenvalue weighted by Gasteiger charge is -2.14. The van der Waals surface area contributed by atoms with Gasteiger partial charge in [-0.3, -0.25) is 4.79 Å². The molecule has 0 radical (unpaired) electrons. The second-order valence-electron chi connectivity index (χ2n) is 3.56. The second kappa shape index (κ2) is 6.87. The summed E-state index contributed by atoms with van der Waals surface area (Å²) in [4.78, 5) is 11.2. The summed E-state index contributed by atoms with van der Waals surface area (Å²) < 4.78 is 68.1. The lowest BCUT2D eigenvalue weighted by Crippen LogP contribution is -2.18. The number of ether oxygens (including phenoxy) is 2. The Morgan fingerprint density at radius 3 is 2.40 bits per heavy atom. The van der Waals surface area contributed by atoms with Gasteiger partial charge in [0.15, 0.2) is 11.5 Å². The number of hydrogen-bond donors (Lipinski definition) is 0. The molecule has 0 unspecified atom stereocenters. The zero-order chi connectivity index (χ0) is 15.3. The number of alkyl halides is 6. The van der Waals surface area contributed by atoms with E-state index in [0.29, 0.717) is 0 Å². The fourth-order valence-electron chi connectivity index (χ4n) is 1.33. The van der Waals surface area contributed by atoms with Crippen molar-refractivity contribution in [2.24, 2.45) is 0 Å². The topological polar surface area (TPSA) is 35.5 Å². The van der Waals surface area contributed by atoms with Crippen molar-refractivity contribution in [3.63, 3.8) is 0 Å². The van der Waals surface area contributed by atoms with E-state index in [1.165, 1.54) is 6.07 Å². The van der Waals surface area contributed by atoms with Crippen LogP contribution in [0.15, 0.2) is 18.2 Å². The highest BCUT2D eigenvalue weighted by Crippen LogP contribution is 2.34. The Hall–Kier alpha value is -1.38. The minimum Gasteiger partial charge on any atom is -0.431 e. The van der Waals surface area contributed by atoms with Gasteiger partial charge in [-0.1, -0.05) is 22.0 Å². The molecule has 1 aromatic carbocycles. The van der Waals surface area contributed by atoms with Crippen LogP contribution < -0.4 is 9.47 Å². The predicted octanol–water partition coefficient (Wildman–Crippen LogP) is 3.69. The van der Waals surface area contributed by atoms with Crippen LogP contribution in [0.1, 0.15) is 5.56 Å². The van der Waals surface area contributed by atoms with Gasteiger partial charge in [-0.05, 0) is 17.7 Å². The van der Waals surface area contributed by atoms with Gasteiger partial charge in [-0.2, -0.15) is 8.78 Å². The summed E-state index contributed by atoms with van der Waals surface area (Å²) in [6, 6.07) is 2.90. The molecule has 0 fully saturated rings. The lowest BCUT2D eigenvalue weighted by atomic mass is 10.1. The summed E-state index contributed by atoms with van der Waals surface area (Å²) in [5.41, 5.74) is 0.236. The molecule has 0 saturated heterocycles. The van der Waals surface area contributed by atoms with Crippen molar-refractivity contribution in [2.45, 2.75) is 19.4 Å². The molecule has 0 aromatic heterocycles. The zero-order valence-corrected chi connectivity index (χ0v) is 11.3. The maximum atomic E-state index is 12.2. The first kappa shape index (κ1) is 16.7. The summed E-state index contributed by atoms with van der Waals surface area (Å²) in [6.45, 7) is -3.31. The number of rotatable bonds is 6. The Morgan fingerprint density at radius 1 is 1.25 bits per heavy atom. The van der Waals surface area contributed by atoms with Crippen LogP contribution >= 0.6 is 15.9 Å². The van der Waals surface area contributed by atoms with Crippen LogP contribution in [0.5, 0.6) is 11.5 Å². The van der Waals surface area contributed by atoms with Crippen LogP contribution in [0.25, 0.3) is 0 Å². The Labute approximate surface area is 118 Å². The molecule has 0 spiro atoms. The quantitative estimate of drug-likeness (QED) is 0.571. The molecule has 20 heavy (non-hydrogen) atoms. The Morgan fingerprint density at radius 2 is 1.90 bits per heavy atom. The summed E-state index contributed by atoms with van der Waals surface area (Å²) in [7, 11) is 0. The number of hydrogen-bond acceptors (Lipinski definition) is 3. The molecule has 0 bridgehead atoms. The average Bonchev–Trinajstić information content (AvgIpc) is 2.30. The molecule has 0 aliphatic carbocycles. The van der Waals surface area contributed by atoms with E-state index in [-0.39, 0.29) is 23.1 Å². The van der Waals surface area contributed by atoms with Gasteiger partial charge in [0.25, 0.3) is 0 Å². The van der Waals surface area contributed by atoms with E-state index in [4.69, 9.17) is 0 Å². The minimum atomic E-state index is -5.03. The number of carbonyl (C=O) groups is 1. The minimum absolute atomic E-state index is 0.0405. The standard InChI is InChI=1S/C11H8BrF5O3/c12-5-7(18)3-6-1-2-8(20-11(15,16)17)9(4-6)19-10(13)14/h1-2,4,10H,3,5H2. The smallest absolute Gasteiger partial charge is 0.431 e. The van der Waals surface area contributed by atoms with Crippen molar-refractivity contribution in [2.75, 3.05) is 5.33 Å². The zero-order valence-electron chi connectivity index (χ0n) is 9.72. The molecule has 1 rings (SSSR count). The van der Waals surface area contributed by atoms with E-state index in [1.54, 1.807) is 0 Å². The molecule has 0 amide bonds. The fraction of sp³-hybridized carbons (Fsp3) is 0.364. The summed E-state index contributed by atoms with van der Waals surface area (Å²) in [5.74, 6) is -1.94. The molecule has 1 aromatic rings. The summed E-state index contributed by atoms with van der Waals surface area (Å²) in [5, 5.41) is 0.0405. The Kier molecular flexibility index (Phi) is 5.73. The average molecular weight is 363 g/mol. The maximum Gasteiger partial charge on any atom is 0.573 e. The number of halogens is 6. The van der Waals surface area contributed by atoms with E-state index < -0.39 is 24.5 Å². The highest BCUT2D eigenvalue weighted by Gasteiger charge is 2.33. The van der Waals surface area contributed by atoms with Gasteiger partial charge in [0.1, 0.15) is 5.78 Å². The van der Waals surface area contributed by atoms with Gasteiger partial charge in [0.05, 0.1) is 5.33 Å². The third-order valence-corrected chi connectivity index (χ3v) is 2.63. The summed E-state index contributed by atoms with van der Waals surface area (Å²) >= 11 is 2.91. The monoisotopic (exact) mass is 362 g/mol. The van der Waals surface area contributed by atoms with Gasteiger partial charge >= 0.3 is 13.0 Å². The van der Waals surface area contributed by atoms with Crippen LogP contribution in [0.3, 0.4) is 0 Å². The number of Topliss-reactive ketones (excluding diaryl/α,β-unsaturated/α-hetero) is 1.